The van der Waals surface area contributed by atoms with Crippen LogP contribution in [-0.4, -0.2) is 316 Å². The number of ether oxygens (including phenoxy) is 23. The van der Waals surface area contributed by atoms with Crippen molar-refractivity contribution in [2.75, 3.05) is 311 Å². The average molecular weight is 1180 g/mol. The van der Waals surface area contributed by atoms with Crippen molar-refractivity contribution in [1.29, 1.82) is 0 Å². The molecule has 0 saturated carbocycles. The van der Waals surface area contributed by atoms with Gasteiger partial charge in [0.25, 0.3) is 0 Å². The van der Waals surface area contributed by atoms with E-state index in [9.17, 15) is 0 Å². The molecule has 0 aliphatic rings. The van der Waals surface area contributed by atoms with Crippen LogP contribution in [0.1, 0.15) is 51.4 Å². The minimum absolute atomic E-state index is 0.0186. The van der Waals surface area contributed by atoms with Gasteiger partial charge in [-0.05, 0) is 19.3 Å². The van der Waals surface area contributed by atoms with Gasteiger partial charge in [-0.3, -0.25) is 0 Å². The van der Waals surface area contributed by atoms with Crippen LogP contribution in [0.15, 0.2) is 12.7 Å². The minimum atomic E-state index is 0.0186. The largest absolute Gasteiger partial charge is 0.394 e. The summed E-state index contributed by atoms with van der Waals surface area (Å²) in [6, 6.07) is 0. The third-order valence-corrected chi connectivity index (χ3v) is 10.6. The van der Waals surface area contributed by atoms with E-state index in [1.54, 1.807) is 0 Å². The Morgan fingerprint density at radius 3 is 0.432 bits per heavy atom. The lowest BCUT2D eigenvalue weighted by atomic mass is 10.1. The van der Waals surface area contributed by atoms with E-state index in [4.69, 9.17) is 114 Å². The normalized spacial score (nSPS) is 11.7. The minimum Gasteiger partial charge on any atom is -0.394 e. The van der Waals surface area contributed by atoms with Crippen LogP contribution >= 0.6 is 0 Å². The Bertz CT molecular complexity index is 1100. The molecule has 0 unspecified atom stereocenters. The lowest BCUT2D eigenvalue weighted by Crippen LogP contribution is -2.16. The third-order valence-electron chi connectivity index (χ3n) is 10.6. The highest BCUT2D eigenvalue weighted by Gasteiger charge is 2.01. The first-order valence-electron chi connectivity index (χ1n) is 29.9. The van der Waals surface area contributed by atoms with Gasteiger partial charge in [0.1, 0.15) is 0 Å². The van der Waals surface area contributed by atoms with Gasteiger partial charge in [0, 0.05) is 6.61 Å². The second-order valence-electron chi connectivity index (χ2n) is 17.4. The fourth-order valence-corrected chi connectivity index (χ4v) is 6.38. The fraction of sp³-hybridized carbons (Fsp3) is 0.965. The topological polar surface area (TPSA) is 233 Å². The summed E-state index contributed by atoms with van der Waals surface area (Å²) in [5.74, 6) is 0. The van der Waals surface area contributed by atoms with Crippen molar-refractivity contribution >= 4 is 0 Å². The van der Waals surface area contributed by atoms with Crippen molar-refractivity contribution in [1.82, 2.24) is 0 Å². The van der Waals surface area contributed by atoms with Crippen LogP contribution < -0.4 is 0 Å². The molecule has 0 aromatic rings. The molecule has 81 heavy (non-hydrogen) atoms. The second-order valence-corrected chi connectivity index (χ2v) is 17.4. The Morgan fingerprint density at radius 2 is 0.284 bits per heavy atom. The number of hydrogen-bond acceptors (Lipinski definition) is 24. The molecule has 0 aliphatic heterocycles. The molecular weight excluding hydrogens is 1070 g/mol. The molecule has 0 aromatic heterocycles. The molecule has 1 N–H and O–H groups in total. The molecule has 24 nitrogen and oxygen atoms in total. The van der Waals surface area contributed by atoms with E-state index in [-0.39, 0.29) is 6.61 Å². The maximum atomic E-state index is 8.61. The van der Waals surface area contributed by atoms with Gasteiger partial charge in [-0.1, -0.05) is 38.2 Å². The van der Waals surface area contributed by atoms with Crippen molar-refractivity contribution in [3.05, 3.63) is 12.7 Å². The van der Waals surface area contributed by atoms with Gasteiger partial charge >= 0.3 is 0 Å². The van der Waals surface area contributed by atoms with Crippen molar-refractivity contribution in [2.45, 2.75) is 51.4 Å². The highest BCUT2D eigenvalue weighted by molar-refractivity contribution is 4.65. The quantitative estimate of drug-likeness (QED) is 0.0676. The zero-order chi connectivity index (χ0) is 57.9. The van der Waals surface area contributed by atoms with Crippen molar-refractivity contribution in [2.24, 2.45) is 0 Å². The first-order valence-corrected chi connectivity index (χ1v) is 29.9. The van der Waals surface area contributed by atoms with Gasteiger partial charge in [-0.2, -0.15) is 0 Å². The molecule has 24 heteroatoms. The molecule has 486 valence electrons. The van der Waals surface area contributed by atoms with E-state index in [1.807, 2.05) is 6.08 Å². The van der Waals surface area contributed by atoms with Crippen molar-refractivity contribution < 1.29 is 114 Å². The predicted octanol–water partition coefficient (Wildman–Crippen LogP) is 3.67. The molecule has 0 heterocycles. The van der Waals surface area contributed by atoms with Gasteiger partial charge in [0.05, 0.1) is 304 Å². The molecule has 0 aliphatic carbocycles. The SMILES string of the molecule is C=CCCCCCCCCCOCCOCCOCCOCCOCCOCCOCCOCCOCCOCCOCCOCCOCCOCCOCCOCCOCCOCCOCCOCCOCCOCCOCCO. The summed E-state index contributed by atoms with van der Waals surface area (Å²) in [6.45, 7) is 27.0. The Morgan fingerprint density at radius 1 is 0.160 bits per heavy atom. The molecule has 0 aromatic carbocycles. The summed E-state index contributed by atoms with van der Waals surface area (Å²) < 4.78 is 126. The number of unbranched alkanes of at least 4 members (excludes halogenated alkanes) is 7. The fourth-order valence-electron chi connectivity index (χ4n) is 6.38. The molecular formula is C57H114O24. The predicted molar refractivity (Wildman–Crippen MR) is 303 cm³/mol. The van der Waals surface area contributed by atoms with Gasteiger partial charge in [0.15, 0.2) is 0 Å². The number of aliphatic hydroxyl groups is 1. The Kier molecular flexibility index (Phi) is 77.6. The summed E-state index contributed by atoms with van der Waals surface area (Å²) in [7, 11) is 0. The zero-order valence-electron chi connectivity index (χ0n) is 50.0. The standard InChI is InChI=1S/C57H114O24/c1-2-3-4-5-6-7-8-9-10-12-59-14-16-61-18-20-63-22-24-65-26-28-67-30-32-69-34-36-71-38-40-73-42-44-75-46-48-77-50-52-79-54-56-81-57-55-80-53-51-78-49-47-76-45-43-74-41-39-72-37-35-70-33-31-68-29-27-66-25-23-64-21-19-62-17-15-60-13-11-58/h2,58H,1,3-57H2. The van der Waals surface area contributed by atoms with E-state index >= 15 is 0 Å². The molecule has 0 saturated heterocycles. The van der Waals surface area contributed by atoms with Crippen LogP contribution in [0.2, 0.25) is 0 Å². The van der Waals surface area contributed by atoms with E-state index in [1.165, 1.54) is 38.5 Å². The van der Waals surface area contributed by atoms with Gasteiger partial charge < -0.3 is 114 Å². The van der Waals surface area contributed by atoms with Crippen LogP contribution in [0.25, 0.3) is 0 Å². The first-order chi connectivity index (χ1) is 40.4. The number of rotatable bonds is 78. The van der Waals surface area contributed by atoms with Crippen LogP contribution in [0, 0.1) is 0 Å². The summed E-state index contributed by atoms with van der Waals surface area (Å²) >= 11 is 0. The van der Waals surface area contributed by atoms with Gasteiger partial charge in [-0.25, -0.2) is 0 Å². The molecule has 0 rings (SSSR count). The van der Waals surface area contributed by atoms with Crippen LogP contribution in [0.3, 0.4) is 0 Å². The van der Waals surface area contributed by atoms with Crippen LogP contribution in [0.5, 0.6) is 0 Å². The number of aliphatic hydroxyl groups excluding tert-OH is 1. The van der Waals surface area contributed by atoms with E-state index < -0.39 is 0 Å². The Hall–Kier alpha value is -1.22. The highest BCUT2D eigenvalue weighted by Crippen LogP contribution is 2.09. The summed E-state index contributed by atoms with van der Waals surface area (Å²) in [6.07, 6.45) is 12.0. The maximum absolute atomic E-state index is 8.61. The lowest BCUT2D eigenvalue weighted by molar-refractivity contribution is -0.0319. The summed E-state index contributed by atoms with van der Waals surface area (Å²) in [5.41, 5.74) is 0. The van der Waals surface area contributed by atoms with Crippen LogP contribution in [-0.2, 0) is 109 Å². The number of allylic oxidation sites excluding steroid dienone is 1. The molecule has 0 atom stereocenters. The van der Waals surface area contributed by atoms with Gasteiger partial charge in [0.2, 0.25) is 0 Å². The molecule has 0 fully saturated rings. The number of hydrogen-bond donors (Lipinski definition) is 1. The zero-order valence-corrected chi connectivity index (χ0v) is 50.0. The van der Waals surface area contributed by atoms with Crippen LogP contribution in [0.4, 0.5) is 0 Å². The van der Waals surface area contributed by atoms with E-state index in [2.05, 4.69) is 6.58 Å². The van der Waals surface area contributed by atoms with Crippen molar-refractivity contribution in [3.8, 4) is 0 Å². The smallest absolute Gasteiger partial charge is 0.0701 e. The van der Waals surface area contributed by atoms with E-state index in [0.29, 0.717) is 297 Å². The highest BCUT2D eigenvalue weighted by atomic mass is 16.6. The second kappa shape index (κ2) is 78.8. The summed E-state index contributed by atoms with van der Waals surface area (Å²) in [5, 5.41) is 8.61. The summed E-state index contributed by atoms with van der Waals surface area (Å²) in [4.78, 5) is 0. The monoisotopic (exact) mass is 1180 g/mol. The molecule has 0 radical (unpaired) electrons. The first kappa shape index (κ1) is 79.8. The van der Waals surface area contributed by atoms with Gasteiger partial charge in [-0.15, -0.1) is 6.58 Å². The van der Waals surface area contributed by atoms with E-state index in [0.717, 1.165) is 19.4 Å². The molecule has 0 spiro atoms. The maximum Gasteiger partial charge on any atom is 0.0701 e. The molecule has 0 amide bonds. The third kappa shape index (κ3) is 78.8. The Labute approximate surface area is 487 Å². The Balaban J connectivity index is 3.08. The lowest BCUT2D eigenvalue weighted by Gasteiger charge is -2.09. The average Bonchev–Trinajstić information content (AvgIpc) is 3.48. The van der Waals surface area contributed by atoms with Crippen molar-refractivity contribution in [3.63, 3.8) is 0 Å². The molecule has 0 bridgehead atoms.